The summed E-state index contributed by atoms with van der Waals surface area (Å²) in [7, 11) is 0. The maximum absolute atomic E-state index is 4.59. The van der Waals surface area contributed by atoms with E-state index in [2.05, 4.69) is 69.0 Å². The number of anilines is 2. The van der Waals surface area contributed by atoms with Crippen molar-refractivity contribution in [2.24, 2.45) is 0 Å². The first-order chi connectivity index (χ1) is 9.19. The predicted molar refractivity (Wildman–Crippen MR) is 86.5 cm³/mol. The minimum absolute atomic E-state index is 0.952. The van der Waals surface area contributed by atoms with E-state index in [1.165, 1.54) is 5.56 Å². The summed E-state index contributed by atoms with van der Waals surface area (Å²) < 4.78 is 1.13. The molecule has 2 aromatic rings. The molecule has 0 atom stereocenters. The van der Waals surface area contributed by atoms with Crippen molar-refractivity contribution >= 4 is 38.1 Å². The molecule has 19 heavy (non-hydrogen) atoms. The molecule has 1 aromatic carbocycles. The lowest BCUT2D eigenvalue weighted by atomic mass is 10.2. The van der Waals surface area contributed by atoms with Crippen LogP contribution in [0.15, 0.2) is 28.1 Å². The molecule has 0 aliphatic rings. The number of hydrogen-bond donors (Lipinski definition) is 2. The Balaban J connectivity index is 1.97. The van der Waals surface area contributed by atoms with E-state index in [-0.39, 0.29) is 0 Å². The molecule has 0 aliphatic heterocycles. The summed E-state index contributed by atoms with van der Waals surface area (Å²) in [4.78, 5) is 4.59. The third-order valence-electron chi connectivity index (χ3n) is 2.77. The molecule has 0 aliphatic carbocycles. The summed E-state index contributed by atoms with van der Waals surface area (Å²) in [5, 5.41) is 9.73. The van der Waals surface area contributed by atoms with Crippen molar-refractivity contribution in [2.45, 2.75) is 20.3 Å². The van der Waals surface area contributed by atoms with Crippen molar-refractivity contribution in [1.82, 2.24) is 10.3 Å². The van der Waals surface area contributed by atoms with Crippen molar-refractivity contribution in [3.8, 4) is 0 Å². The number of thiazole rings is 1. The average molecular weight is 340 g/mol. The van der Waals surface area contributed by atoms with Gasteiger partial charge in [0.2, 0.25) is 0 Å². The molecule has 5 heteroatoms. The molecular formula is C14H18BrN3S. The molecule has 1 aromatic heterocycles. The molecule has 0 amide bonds. The van der Waals surface area contributed by atoms with Crippen LogP contribution in [0, 0.1) is 6.92 Å². The van der Waals surface area contributed by atoms with E-state index in [4.69, 9.17) is 0 Å². The van der Waals surface area contributed by atoms with Crippen LogP contribution >= 0.6 is 27.3 Å². The molecule has 0 saturated heterocycles. The Bertz CT molecular complexity index is 539. The third-order valence-corrected chi connectivity index (χ3v) is 4.47. The van der Waals surface area contributed by atoms with Crippen molar-refractivity contribution in [2.75, 3.05) is 18.4 Å². The highest BCUT2D eigenvalue weighted by atomic mass is 79.9. The minimum atomic E-state index is 0.952. The van der Waals surface area contributed by atoms with Crippen LogP contribution in [0.2, 0.25) is 0 Å². The Morgan fingerprint density at radius 3 is 2.95 bits per heavy atom. The van der Waals surface area contributed by atoms with Gasteiger partial charge in [0.15, 0.2) is 5.13 Å². The van der Waals surface area contributed by atoms with Crippen LogP contribution in [0.1, 0.15) is 18.2 Å². The van der Waals surface area contributed by atoms with Crippen molar-refractivity contribution < 1.29 is 0 Å². The topological polar surface area (TPSA) is 37.0 Å². The first kappa shape index (κ1) is 14.5. The largest absolute Gasteiger partial charge is 0.332 e. The summed E-state index contributed by atoms with van der Waals surface area (Å²) in [5.41, 5.74) is 3.43. The standard InChI is InChI=1S/C14H18BrN3S/c1-3-16-7-6-12-9-19-14(18-12)17-11-4-5-13(15)10(2)8-11/h4-5,8-9,16H,3,6-7H2,1-2H3,(H,17,18). The number of rotatable bonds is 6. The summed E-state index contributed by atoms with van der Waals surface area (Å²) in [6, 6.07) is 6.22. The van der Waals surface area contributed by atoms with Gasteiger partial charge in [0.1, 0.15) is 0 Å². The summed E-state index contributed by atoms with van der Waals surface area (Å²) in [6.45, 7) is 6.19. The van der Waals surface area contributed by atoms with Crippen LogP contribution in [0.25, 0.3) is 0 Å². The number of aromatic nitrogens is 1. The Morgan fingerprint density at radius 1 is 1.37 bits per heavy atom. The summed E-state index contributed by atoms with van der Waals surface area (Å²) >= 11 is 5.16. The second-order valence-electron chi connectivity index (χ2n) is 4.34. The van der Waals surface area contributed by atoms with Gasteiger partial charge in [-0.3, -0.25) is 0 Å². The van der Waals surface area contributed by atoms with Gasteiger partial charge in [0, 0.05) is 28.5 Å². The van der Waals surface area contributed by atoms with E-state index in [1.54, 1.807) is 11.3 Å². The molecule has 0 fully saturated rings. The fraction of sp³-hybridized carbons (Fsp3) is 0.357. The molecular weight excluding hydrogens is 322 g/mol. The molecule has 0 bridgehead atoms. The Hall–Kier alpha value is -0.910. The van der Waals surface area contributed by atoms with Crippen LogP contribution < -0.4 is 10.6 Å². The summed E-state index contributed by atoms with van der Waals surface area (Å²) in [6.07, 6.45) is 0.978. The lowest BCUT2D eigenvalue weighted by molar-refractivity contribution is 0.710. The van der Waals surface area contributed by atoms with E-state index in [1.807, 2.05) is 0 Å². The fourth-order valence-electron chi connectivity index (χ4n) is 1.72. The number of benzene rings is 1. The van der Waals surface area contributed by atoms with E-state index < -0.39 is 0 Å². The van der Waals surface area contributed by atoms with Gasteiger partial charge in [-0.2, -0.15) is 0 Å². The van der Waals surface area contributed by atoms with Gasteiger partial charge >= 0.3 is 0 Å². The first-order valence-corrected chi connectivity index (χ1v) is 8.04. The first-order valence-electron chi connectivity index (χ1n) is 6.37. The maximum Gasteiger partial charge on any atom is 0.187 e. The van der Waals surface area contributed by atoms with Crippen molar-refractivity contribution in [3.63, 3.8) is 0 Å². The van der Waals surface area contributed by atoms with Gasteiger partial charge in [-0.05, 0) is 37.2 Å². The zero-order valence-electron chi connectivity index (χ0n) is 11.2. The van der Waals surface area contributed by atoms with Gasteiger partial charge in [0.05, 0.1) is 5.69 Å². The second-order valence-corrected chi connectivity index (χ2v) is 6.05. The van der Waals surface area contributed by atoms with Crippen molar-refractivity contribution in [1.29, 1.82) is 0 Å². The maximum atomic E-state index is 4.59. The molecule has 2 rings (SSSR count). The van der Waals surface area contributed by atoms with Gasteiger partial charge in [0.25, 0.3) is 0 Å². The lowest BCUT2D eigenvalue weighted by Gasteiger charge is -2.05. The van der Waals surface area contributed by atoms with Crippen LogP contribution in [-0.4, -0.2) is 18.1 Å². The monoisotopic (exact) mass is 339 g/mol. The highest BCUT2D eigenvalue weighted by Gasteiger charge is 2.03. The van der Waals surface area contributed by atoms with Crippen LogP contribution in [-0.2, 0) is 6.42 Å². The lowest BCUT2D eigenvalue weighted by Crippen LogP contribution is -2.16. The molecule has 0 spiro atoms. The molecule has 102 valence electrons. The smallest absolute Gasteiger partial charge is 0.187 e. The fourth-order valence-corrected chi connectivity index (χ4v) is 2.73. The summed E-state index contributed by atoms with van der Waals surface area (Å²) in [5.74, 6) is 0. The number of aryl methyl sites for hydroxylation is 1. The third kappa shape index (κ3) is 4.30. The van der Waals surface area contributed by atoms with Gasteiger partial charge < -0.3 is 10.6 Å². The molecule has 0 unspecified atom stereocenters. The predicted octanol–water partition coefficient (Wildman–Crippen LogP) is 4.11. The SMILES string of the molecule is CCNCCc1csc(Nc2ccc(Br)c(C)c2)n1. The number of likely N-dealkylation sites (N-methyl/N-ethyl adjacent to an activating group) is 1. The molecule has 1 heterocycles. The van der Waals surface area contributed by atoms with Crippen LogP contribution in [0.5, 0.6) is 0 Å². The minimum Gasteiger partial charge on any atom is -0.332 e. The zero-order chi connectivity index (χ0) is 13.7. The highest BCUT2D eigenvalue weighted by Crippen LogP contribution is 2.24. The normalized spacial score (nSPS) is 10.7. The second kappa shape index (κ2) is 7.03. The zero-order valence-corrected chi connectivity index (χ0v) is 13.6. The van der Waals surface area contributed by atoms with Gasteiger partial charge in [-0.1, -0.05) is 22.9 Å². The van der Waals surface area contributed by atoms with Gasteiger partial charge in [-0.15, -0.1) is 11.3 Å². The van der Waals surface area contributed by atoms with Gasteiger partial charge in [-0.25, -0.2) is 4.98 Å². The molecule has 3 nitrogen and oxygen atoms in total. The van der Waals surface area contributed by atoms with Crippen LogP contribution in [0.3, 0.4) is 0 Å². The molecule has 2 N–H and O–H groups in total. The molecule has 0 saturated carbocycles. The van der Waals surface area contributed by atoms with E-state index >= 15 is 0 Å². The van der Waals surface area contributed by atoms with E-state index in [0.29, 0.717) is 0 Å². The Morgan fingerprint density at radius 2 is 2.21 bits per heavy atom. The number of nitrogens with one attached hydrogen (secondary N) is 2. The molecule has 0 radical (unpaired) electrons. The average Bonchev–Trinajstić information content (AvgIpc) is 2.82. The number of nitrogens with zero attached hydrogens (tertiary/aromatic N) is 1. The highest BCUT2D eigenvalue weighted by molar-refractivity contribution is 9.10. The van der Waals surface area contributed by atoms with Crippen molar-refractivity contribution in [3.05, 3.63) is 39.3 Å². The van der Waals surface area contributed by atoms with E-state index in [9.17, 15) is 0 Å². The number of halogens is 1. The van der Waals surface area contributed by atoms with Crippen LogP contribution in [0.4, 0.5) is 10.8 Å². The quantitative estimate of drug-likeness (QED) is 0.777. The van der Waals surface area contributed by atoms with E-state index in [0.717, 1.165) is 40.5 Å². The number of hydrogen-bond acceptors (Lipinski definition) is 4. The Kier molecular flexibility index (Phi) is 5.36. The Labute approximate surface area is 126 Å².